The summed E-state index contributed by atoms with van der Waals surface area (Å²) >= 11 is 0. The smallest absolute Gasteiger partial charge is 0.188 e. The number of hydrogen-bond donors (Lipinski definition) is 0. The van der Waals surface area contributed by atoms with E-state index in [-0.39, 0.29) is 0 Å². The summed E-state index contributed by atoms with van der Waals surface area (Å²) in [6, 6.07) is 78.0. The van der Waals surface area contributed by atoms with E-state index in [2.05, 4.69) is 213 Å². The SMILES string of the molecule is [C-]#[N+]c1ccc2c(c1)c1ccccc1n2-c1ccc2c(c1)Oc1cc(-c3ccc4c(c3)c3ccccc3n4-c3ccccc3-n3c4ccccc4c4ccccc43)ccc1C21c2cccnc2-c2ncccc21. The van der Waals surface area contributed by atoms with Gasteiger partial charge in [-0.25, -0.2) is 4.85 Å². The predicted octanol–water partition coefficient (Wildman–Crippen LogP) is 16.5. The molecule has 14 aromatic rings. The number of para-hydroxylation sites is 6. The minimum absolute atomic E-state index is 0.616. The van der Waals surface area contributed by atoms with Crippen LogP contribution in [0.5, 0.6) is 11.5 Å². The maximum Gasteiger partial charge on any atom is 0.188 e. The van der Waals surface area contributed by atoms with Crippen LogP contribution in [0.25, 0.3) is 110 Å². The van der Waals surface area contributed by atoms with Crippen molar-refractivity contribution in [3.05, 3.63) is 264 Å². The Morgan fingerprint density at radius 3 is 1.42 bits per heavy atom. The van der Waals surface area contributed by atoms with Crippen molar-refractivity contribution in [2.45, 2.75) is 5.41 Å². The fourth-order valence-electron chi connectivity index (χ4n) is 12.7. The van der Waals surface area contributed by atoms with Crippen LogP contribution in [0.3, 0.4) is 0 Å². The highest BCUT2D eigenvalue weighted by molar-refractivity contribution is 6.13. The van der Waals surface area contributed by atoms with Crippen molar-refractivity contribution in [1.29, 1.82) is 0 Å². The van der Waals surface area contributed by atoms with E-state index < -0.39 is 5.41 Å². The topological polar surface area (TPSA) is 54.2 Å². The third-order valence-electron chi connectivity index (χ3n) is 15.6. The number of nitrogens with zero attached hydrogens (tertiary/aromatic N) is 6. The summed E-state index contributed by atoms with van der Waals surface area (Å²) < 4.78 is 14.4. The molecule has 0 saturated carbocycles. The number of fused-ring (bicyclic) bond motifs is 18. The molecule has 6 heterocycles. The molecule has 1 aliphatic carbocycles. The van der Waals surface area contributed by atoms with E-state index in [1.54, 1.807) is 0 Å². The zero-order valence-electron chi connectivity index (χ0n) is 39.0. The minimum Gasteiger partial charge on any atom is -0.457 e. The number of rotatable bonds is 4. The van der Waals surface area contributed by atoms with Gasteiger partial charge in [-0.05, 0) is 113 Å². The van der Waals surface area contributed by atoms with Crippen LogP contribution < -0.4 is 4.74 Å². The summed E-state index contributed by atoms with van der Waals surface area (Å²) in [5.74, 6) is 1.54. The summed E-state index contributed by atoms with van der Waals surface area (Å²) in [6.07, 6.45) is 3.73. The van der Waals surface area contributed by atoms with E-state index in [0.717, 1.165) is 106 Å². The Morgan fingerprint density at radius 1 is 0.370 bits per heavy atom. The average Bonchev–Trinajstić information content (AvgIpc) is 4.17. The van der Waals surface area contributed by atoms with E-state index >= 15 is 0 Å². The molecule has 0 bridgehead atoms. The first-order chi connectivity index (χ1) is 36.2. The highest BCUT2D eigenvalue weighted by Crippen LogP contribution is 2.62. The molecule has 1 spiro atoms. The van der Waals surface area contributed by atoms with E-state index in [9.17, 15) is 0 Å². The van der Waals surface area contributed by atoms with Crippen molar-refractivity contribution in [3.63, 3.8) is 0 Å². The zero-order valence-corrected chi connectivity index (χ0v) is 39.0. The Bertz CT molecular complexity index is 4660. The van der Waals surface area contributed by atoms with Crippen molar-refractivity contribution in [1.82, 2.24) is 23.7 Å². The quantitative estimate of drug-likeness (QED) is 0.165. The lowest BCUT2D eigenvalue weighted by Crippen LogP contribution is -2.32. The highest BCUT2D eigenvalue weighted by Gasteiger charge is 2.52. The minimum atomic E-state index is -0.750. The van der Waals surface area contributed by atoms with Gasteiger partial charge in [0.2, 0.25) is 0 Å². The maximum absolute atomic E-state index is 7.78. The van der Waals surface area contributed by atoms with Gasteiger partial charge >= 0.3 is 0 Å². The molecule has 0 radical (unpaired) electrons. The molecule has 9 aromatic carbocycles. The number of pyridine rings is 2. The third kappa shape index (κ3) is 5.30. The van der Waals surface area contributed by atoms with Crippen LogP contribution in [0.4, 0.5) is 5.69 Å². The van der Waals surface area contributed by atoms with Crippen LogP contribution in [0, 0.1) is 6.57 Å². The Labute approximate surface area is 418 Å². The molecule has 73 heavy (non-hydrogen) atoms. The van der Waals surface area contributed by atoms with E-state index in [0.29, 0.717) is 5.69 Å². The molecule has 0 atom stereocenters. The monoisotopic (exact) mass is 930 g/mol. The van der Waals surface area contributed by atoms with Gasteiger partial charge < -0.3 is 18.4 Å². The van der Waals surface area contributed by atoms with Gasteiger partial charge in [-0.2, -0.15) is 0 Å². The largest absolute Gasteiger partial charge is 0.457 e. The second-order valence-electron chi connectivity index (χ2n) is 19.2. The van der Waals surface area contributed by atoms with Crippen LogP contribution in [0.2, 0.25) is 0 Å². The highest BCUT2D eigenvalue weighted by atomic mass is 16.5. The third-order valence-corrected chi connectivity index (χ3v) is 15.6. The van der Waals surface area contributed by atoms with Gasteiger partial charge in [0.1, 0.15) is 11.5 Å². The molecule has 2 aliphatic rings. The second kappa shape index (κ2) is 14.8. The van der Waals surface area contributed by atoms with E-state index in [1.807, 2.05) is 36.7 Å². The van der Waals surface area contributed by atoms with E-state index in [1.165, 1.54) is 32.6 Å². The molecular weight excluding hydrogens is 893 g/mol. The first-order valence-corrected chi connectivity index (χ1v) is 24.6. The number of benzene rings is 9. The van der Waals surface area contributed by atoms with Crippen LogP contribution in [0.15, 0.2) is 231 Å². The van der Waals surface area contributed by atoms with Gasteiger partial charge in [-0.1, -0.05) is 127 Å². The van der Waals surface area contributed by atoms with Crippen molar-refractivity contribution >= 4 is 71.1 Å². The zero-order chi connectivity index (χ0) is 47.9. The molecule has 0 unspecified atom stereocenters. The van der Waals surface area contributed by atoms with Gasteiger partial charge in [-0.3, -0.25) is 9.97 Å². The molecular formula is C66H38N6O. The molecule has 0 N–H and O–H groups in total. The van der Waals surface area contributed by atoms with Gasteiger partial charge in [-0.15, -0.1) is 0 Å². The van der Waals surface area contributed by atoms with Crippen LogP contribution in [-0.2, 0) is 5.41 Å². The molecule has 16 rings (SSSR count). The fraction of sp³-hybridized carbons (Fsp3) is 0.0152. The summed E-state index contributed by atoms with van der Waals surface area (Å²) in [5.41, 5.74) is 17.9. The lowest BCUT2D eigenvalue weighted by atomic mass is 9.66. The second-order valence-corrected chi connectivity index (χ2v) is 19.2. The molecule has 0 fully saturated rings. The normalized spacial score (nSPS) is 13.1. The Balaban J connectivity index is 0.892. The summed E-state index contributed by atoms with van der Waals surface area (Å²) in [4.78, 5) is 13.8. The Morgan fingerprint density at radius 2 is 0.822 bits per heavy atom. The average molecular weight is 931 g/mol. The van der Waals surface area contributed by atoms with Crippen molar-refractivity contribution < 1.29 is 4.74 Å². The summed E-state index contributed by atoms with van der Waals surface area (Å²) in [6.45, 7) is 7.78. The standard InChI is InChI=1S/C66H38N6O/c1-67-42-28-33-58-49(38-42)47-17-4-6-20-54(47)70(58)43-29-31-51-63(39-43)73-62-37-41(26-30-50(62)66(51)52-18-12-34-68-64(52)65-53(66)19-13-35-69-65)40-27-32-59-48(36-40)46-16-5-9-23-57(46)72(59)61-25-11-10-24-60(61)71-55-21-7-2-14-44(55)45-15-3-8-22-56(45)71/h2-39H. The summed E-state index contributed by atoms with van der Waals surface area (Å²) in [7, 11) is 0. The molecule has 7 heteroatoms. The Hall–Kier alpha value is -10.0. The lowest BCUT2D eigenvalue weighted by Gasteiger charge is -2.39. The number of aromatic nitrogens is 5. The lowest BCUT2D eigenvalue weighted by molar-refractivity contribution is 0.436. The molecule has 0 saturated heterocycles. The first-order valence-electron chi connectivity index (χ1n) is 24.6. The molecule has 5 aromatic heterocycles. The van der Waals surface area contributed by atoms with Crippen LogP contribution in [0.1, 0.15) is 22.3 Å². The Kier molecular flexibility index (Phi) is 8.04. The van der Waals surface area contributed by atoms with Crippen molar-refractivity contribution in [2.75, 3.05) is 0 Å². The molecule has 7 nitrogen and oxygen atoms in total. The van der Waals surface area contributed by atoms with Crippen LogP contribution in [-0.4, -0.2) is 23.7 Å². The van der Waals surface area contributed by atoms with Crippen molar-refractivity contribution in [3.8, 4) is 51.1 Å². The predicted molar refractivity (Wildman–Crippen MR) is 294 cm³/mol. The van der Waals surface area contributed by atoms with Crippen LogP contribution >= 0.6 is 0 Å². The molecule has 1 aliphatic heterocycles. The fourth-order valence-corrected chi connectivity index (χ4v) is 12.7. The van der Waals surface area contributed by atoms with Gasteiger partial charge in [0.25, 0.3) is 0 Å². The van der Waals surface area contributed by atoms with Gasteiger partial charge in [0.15, 0.2) is 5.69 Å². The molecule has 0 amide bonds. The number of hydrogen-bond acceptors (Lipinski definition) is 3. The number of ether oxygens (including phenoxy) is 1. The maximum atomic E-state index is 7.78. The first kappa shape index (κ1) is 39.8. The van der Waals surface area contributed by atoms with Crippen molar-refractivity contribution in [2.24, 2.45) is 0 Å². The molecule has 338 valence electrons. The van der Waals surface area contributed by atoms with Gasteiger partial charge in [0.05, 0.1) is 67.8 Å². The van der Waals surface area contributed by atoms with Gasteiger partial charge in [0, 0.05) is 62.2 Å². The summed E-state index contributed by atoms with van der Waals surface area (Å²) in [5, 5.41) is 6.95. The van der Waals surface area contributed by atoms with E-state index in [4.69, 9.17) is 21.3 Å².